The van der Waals surface area contributed by atoms with Crippen LogP contribution >= 0.6 is 0 Å². The zero-order valence-corrected chi connectivity index (χ0v) is 16.5. The summed E-state index contributed by atoms with van der Waals surface area (Å²) in [6.07, 6.45) is 1.96. The quantitative estimate of drug-likeness (QED) is 0.326. The van der Waals surface area contributed by atoms with Crippen LogP contribution in [-0.4, -0.2) is 15.8 Å². The molecular formula is C24H20FN3O3. The van der Waals surface area contributed by atoms with Gasteiger partial charge in [-0.05, 0) is 34.9 Å². The van der Waals surface area contributed by atoms with E-state index in [1.54, 1.807) is 24.3 Å². The standard InChI is InChI=1S/C24H20FN3O3/c25-18-10-8-16(9-11-18)14-27-24(29)13-21(17-4-3-5-19(12-17)28(30)31)22-15-26-23-7-2-1-6-20(22)23/h1-12,15,21,26H,13-14H2,(H,27,29). The molecule has 7 heteroatoms. The summed E-state index contributed by atoms with van der Waals surface area (Å²) in [6, 6.07) is 20.0. The van der Waals surface area contributed by atoms with Crippen LogP contribution in [-0.2, 0) is 11.3 Å². The number of carbonyl (C=O) groups excluding carboxylic acids is 1. The second-order valence-electron chi connectivity index (χ2n) is 7.30. The summed E-state index contributed by atoms with van der Waals surface area (Å²) in [7, 11) is 0. The van der Waals surface area contributed by atoms with Gasteiger partial charge in [0.2, 0.25) is 5.91 Å². The summed E-state index contributed by atoms with van der Waals surface area (Å²) >= 11 is 0. The SMILES string of the molecule is O=C(CC(c1cccc([N+](=O)[O-])c1)c1c[nH]c2ccccc12)NCc1ccc(F)cc1. The molecule has 0 radical (unpaired) electrons. The Morgan fingerprint density at radius 2 is 1.84 bits per heavy atom. The van der Waals surface area contributed by atoms with Crippen molar-refractivity contribution in [2.45, 2.75) is 18.9 Å². The fraction of sp³-hybridized carbons (Fsp3) is 0.125. The lowest BCUT2D eigenvalue weighted by atomic mass is 9.87. The number of halogens is 1. The lowest BCUT2D eigenvalue weighted by Gasteiger charge is -2.17. The van der Waals surface area contributed by atoms with Gasteiger partial charge < -0.3 is 10.3 Å². The highest BCUT2D eigenvalue weighted by Gasteiger charge is 2.23. The van der Waals surface area contributed by atoms with Gasteiger partial charge in [-0.3, -0.25) is 14.9 Å². The number of aromatic nitrogens is 1. The van der Waals surface area contributed by atoms with Gasteiger partial charge in [0, 0.05) is 48.1 Å². The number of benzene rings is 3. The Morgan fingerprint density at radius 3 is 2.61 bits per heavy atom. The van der Waals surface area contributed by atoms with Gasteiger partial charge in [-0.15, -0.1) is 0 Å². The first-order valence-electron chi connectivity index (χ1n) is 9.83. The third-order valence-electron chi connectivity index (χ3n) is 5.27. The van der Waals surface area contributed by atoms with E-state index in [0.717, 1.165) is 22.0 Å². The average Bonchev–Trinajstić information content (AvgIpc) is 3.21. The Hall–Kier alpha value is -4.00. The predicted molar refractivity (Wildman–Crippen MR) is 116 cm³/mol. The Kier molecular flexibility index (Phi) is 5.75. The van der Waals surface area contributed by atoms with Crippen molar-refractivity contribution in [3.05, 3.63) is 112 Å². The van der Waals surface area contributed by atoms with Crippen molar-refractivity contribution in [3.63, 3.8) is 0 Å². The highest BCUT2D eigenvalue weighted by atomic mass is 19.1. The number of hydrogen-bond donors (Lipinski definition) is 2. The van der Waals surface area contributed by atoms with Crippen molar-refractivity contribution < 1.29 is 14.1 Å². The summed E-state index contributed by atoms with van der Waals surface area (Å²) in [5.74, 6) is -0.907. The lowest BCUT2D eigenvalue weighted by molar-refractivity contribution is -0.384. The van der Waals surface area contributed by atoms with Crippen molar-refractivity contribution in [3.8, 4) is 0 Å². The van der Waals surface area contributed by atoms with Gasteiger partial charge in [-0.1, -0.05) is 42.5 Å². The second kappa shape index (κ2) is 8.79. The molecule has 6 nitrogen and oxygen atoms in total. The molecule has 4 aromatic rings. The third kappa shape index (κ3) is 4.61. The van der Waals surface area contributed by atoms with E-state index in [2.05, 4.69) is 10.3 Å². The Bertz CT molecular complexity index is 1230. The molecule has 0 aliphatic rings. The Labute approximate surface area is 177 Å². The second-order valence-corrected chi connectivity index (χ2v) is 7.30. The van der Waals surface area contributed by atoms with E-state index in [1.165, 1.54) is 24.3 Å². The number of nitrogens with zero attached hydrogens (tertiary/aromatic N) is 1. The van der Waals surface area contributed by atoms with Crippen molar-refractivity contribution in [2.75, 3.05) is 0 Å². The average molecular weight is 417 g/mol. The van der Waals surface area contributed by atoms with Crippen LogP contribution in [0, 0.1) is 15.9 Å². The predicted octanol–water partition coefficient (Wildman–Crippen LogP) is 5.05. The minimum absolute atomic E-state index is 0.0194. The third-order valence-corrected chi connectivity index (χ3v) is 5.27. The number of non-ortho nitro benzene ring substituents is 1. The van der Waals surface area contributed by atoms with Crippen LogP contribution in [0.5, 0.6) is 0 Å². The maximum atomic E-state index is 13.1. The normalized spacial score (nSPS) is 11.9. The molecule has 0 saturated carbocycles. The number of aromatic amines is 1. The molecule has 4 rings (SSSR count). The van der Waals surface area contributed by atoms with E-state index in [0.29, 0.717) is 5.56 Å². The van der Waals surface area contributed by atoms with Gasteiger partial charge in [0.1, 0.15) is 5.82 Å². The van der Waals surface area contributed by atoms with E-state index < -0.39 is 4.92 Å². The van der Waals surface area contributed by atoms with Gasteiger partial charge in [-0.2, -0.15) is 0 Å². The molecule has 1 amide bonds. The van der Waals surface area contributed by atoms with E-state index in [4.69, 9.17) is 0 Å². The lowest BCUT2D eigenvalue weighted by Crippen LogP contribution is -2.25. The molecule has 0 aliphatic carbocycles. The monoisotopic (exact) mass is 417 g/mol. The molecule has 0 spiro atoms. The Balaban J connectivity index is 1.62. The molecule has 0 fully saturated rings. The molecule has 0 aliphatic heterocycles. The van der Waals surface area contributed by atoms with Gasteiger partial charge in [-0.25, -0.2) is 4.39 Å². The summed E-state index contributed by atoms with van der Waals surface area (Å²) in [6.45, 7) is 0.272. The number of rotatable bonds is 7. The number of nitrogens with one attached hydrogen (secondary N) is 2. The van der Waals surface area contributed by atoms with Gasteiger partial charge in [0.25, 0.3) is 5.69 Å². The maximum Gasteiger partial charge on any atom is 0.269 e. The largest absolute Gasteiger partial charge is 0.361 e. The molecule has 156 valence electrons. The number of carbonyl (C=O) groups is 1. The minimum atomic E-state index is -0.440. The Morgan fingerprint density at radius 1 is 1.06 bits per heavy atom. The molecule has 3 aromatic carbocycles. The number of nitro benzene ring substituents is 1. The van der Waals surface area contributed by atoms with Crippen molar-refractivity contribution in [2.24, 2.45) is 0 Å². The molecule has 1 aromatic heterocycles. The molecule has 31 heavy (non-hydrogen) atoms. The maximum absolute atomic E-state index is 13.1. The van der Waals surface area contributed by atoms with Crippen LogP contribution in [0.4, 0.5) is 10.1 Å². The topological polar surface area (TPSA) is 88.0 Å². The number of H-pyrrole nitrogens is 1. The fourth-order valence-corrected chi connectivity index (χ4v) is 3.71. The molecular weight excluding hydrogens is 397 g/mol. The van der Waals surface area contributed by atoms with E-state index >= 15 is 0 Å². The molecule has 2 N–H and O–H groups in total. The first-order chi connectivity index (χ1) is 15.0. The van der Waals surface area contributed by atoms with Crippen molar-refractivity contribution in [1.82, 2.24) is 10.3 Å². The van der Waals surface area contributed by atoms with Crippen LogP contribution in [0.1, 0.15) is 29.0 Å². The highest BCUT2D eigenvalue weighted by Crippen LogP contribution is 2.34. The zero-order chi connectivity index (χ0) is 21.8. The van der Waals surface area contributed by atoms with E-state index in [-0.39, 0.29) is 36.3 Å². The number of amides is 1. The summed E-state index contributed by atoms with van der Waals surface area (Å²) in [5.41, 5.74) is 3.28. The van der Waals surface area contributed by atoms with Crippen LogP contribution < -0.4 is 5.32 Å². The van der Waals surface area contributed by atoms with Gasteiger partial charge in [0.05, 0.1) is 4.92 Å². The minimum Gasteiger partial charge on any atom is -0.361 e. The number of nitro groups is 1. The zero-order valence-electron chi connectivity index (χ0n) is 16.5. The van der Waals surface area contributed by atoms with E-state index in [9.17, 15) is 19.3 Å². The molecule has 1 unspecified atom stereocenters. The molecule has 1 heterocycles. The van der Waals surface area contributed by atoms with Gasteiger partial charge in [0.15, 0.2) is 0 Å². The molecule has 0 bridgehead atoms. The van der Waals surface area contributed by atoms with Crippen LogP contribution in [0.15, 0.2) is 79.0 Å². The molecule has 0 saturated heterocycles. The van der Waals surface area contributed by atoms with Crippen LogP contribution in [0.3, 0.4) is 0 Å². The number of hydrogen-bond acceptors (Lipinski definition) is 3. The van der Waals surface area contributed by atoms with Crippen molar-refractivity contribution in [1.29, 1.82) is 0 Å². The van der Waals surface area contributed by atoms with Crippen LogP contribution in [0.25, 0.3) is 10.9 Å². The van der Waals surface area contributed by atoms with E-state index in [1.807, 2.05) is 30.5 Å². The fourth-order valence-electron chi connectivity index (χ4n) is 3.71. The number of para-hydroxylation sites is 1. The van der Waals surface area contributed by atoms with Crippen molar-refractivity contribution >= 4 is 22.5 Å². The molecule has 1 atom stereocenters. The number of fused-ring (bicyclic) bond motifs is 1. The van der Waals surface area contributed by atoms with Gasteiger partial charge >= 0.3 is 0 Å². The van der Waals surface area contributed by atoms with Crippen LogP contribution in [0.2, 0.25) is 0 Å². The smallest absolute Gasteiger partial charge is 0.269 e. The highest BCUT2D eigenvalue weighted by molar-refractivity contribution is 5.86. The summed E-state index contributed by atoms with van der Waals surface area (Å²) < 4.78 is 13.1. The first kappa shape index (κ1) is 20.3. The first-order valence-corrected chi connectivity index (χ1v) is 9.83. The summed E-state index contributed by atoms with van der Waals surface area (Å²) in [5, 5.41) is 15.1. The summed E-state index contributed by atoms with van der Waals surface area (Å²) in [4.78, 5) is 26.8.